The fraction of sp³-hybridized carbons (Fsp3) is 0.385. The Bertz CT molecular complexity index is 610. The predicted octanol–water partition coefficient (Wildman–Crippen LogP) is 0.180. The minimum Gasteiger partial charge on any atom is -0.467 e. The molecule has 7 nitrogen and oxygen atoms in total. The average molecular weight is 314 g/mol. The molecule has 1 rings (SSSR count). The van der Waals surface area contributed by atoms with Gasteiger partial charge in [0.2, 0.25) is 5.91 Å². The molecule has 1 aromatic carbocycles. The van der Waals surface area contributed by atoms with E-state index in [1.54, 1.807) is 12.1 Å². The number of carbonyl (C=O) groups is 2. The summed E-state index contributed by atoms with van der Waals surface area (Å²) in [6, 6.07) is 5.27. The van der Waals surface area contributed by atoms with E-state index >= 15 is 0 Å². The Morgan fingerprint density at radius 2 is 1.81 bits per heavy atom. The number of esters is 1. The van der Waals surface area contributed by atoms with Crippen molar-refractivity contribution in [3.63, 3.8) is 0 Å². The molecule has 0 saturated carbocycles. The van der Waals surface area contributed by atoms with Gasteiger partial charge >= 0.3 is 5.97 Å². The molecule has 2 N–H and O–H groups in total. The maximum absolute atomic E-state index is 11.5. The van der Waals surface area contributed by atoms with Crippen LogP contribution in [0.15, 0.2) is 29.2 Å². The van der Waals surface area contributed by atoms with Crippen molar-refractivity contribution in [3.8, 4) is 0 Å². The summed E-state index contributed by atoms with van der Waals surface area (Å²) in [5, 5.41) is 5.40. The fourth-order valence-electron chi connectivity index (χ4n) is 1.62. The van der Waals surface area contributed by atoms with Gasteiger partial charge in [-0.05, 0) is 24.3 Å². The summed E-state index contributed by atoms with van der Waals surface area (Å²) >= 11 is 0. The van der Waals surface area contributed by atoms with E-state index < -0.39 is 21.8 Å². The molecule has 8 heteroatoms. The summed E-state index contributed by atoms with van der Waals surface area (Å²) in [6.07, 6.45) is 1.12. The molecule has 1 unspecified atom stereocenters. The lowest BCUT2D eigenvalue weighted by molar-refractivity contribution is -0.144. The number of amides is 1. The van der Waals surface area contributed by atoms with Gasteiger partial charge in [-0.15, -0.1) is 0 Å². The maximum atomic E-state index is 11.5. The van der Waals surface area contributed by atoms with Gasteiger partial charge in [-0.1, -0.05) is 0 Å². The monoisotopic (exact) mass is 314 g/mol. The van der Waals surface area contributed by atoms with Crippen LogP contribution in [0.5, 0.6) is 0 Å². The van der Waals surface area contributed by atoms with E-state index in [1.165, 1.54) is 26.2 Å². The highest BCUT2D eigenvalue weighted by molar-refractivity contribution is 7.90. The molecule has 0 heterocycles. The molecule has 116 valence electrons. The van der Waals surface area contributed by atoms with Gasteiger partial charge in [-0.2, -0.15) is 0 Å². The van der Waals surface area contributed by atoms with Crippen LogP contribution in [0.4, 0.5) is 5.69 Å². The van der Waals surface area contributed by atoms with Crippen molar-refractivity contribution >= 4 is 27.4 Å². The second-order valence-electron chi connectivity index (χ2n) is 4.45. The number of ether oxygens (including phenoxy) is 1. The second-order valence-corrected chi connectivity index (χ2v) is 6.47. The lowest BCUT2D eigenvalue weighted by Crippen LogP contribution is -2.45. The zero-order valence-electron chi connectivity index (χ0n) is 12.0. The Labute approximate surface area is 123 Å². The van der Waals surface area contributed by atoms with Gasteiger partial charge in [0, 0.05) is 25.4 Å². The fourth-order valence-corrected chi connectivity index (χ4v) is 2.25. The molecule has 0 radical (unpaired) electrons. The van der Waals surface area contributed by atoms with Gasteiger partial charge < -0.3 is 15.4 Å². The molecule has 1 amide bonds. The number of anilines is 1. The number of carbonyl (C=O) groups excluding carboxylic acids is 2. The van der Waals surface area contributed by atoms with Gasteiger partial charge in [0.15, 0.2) is 9.84 Å². The van der Waals surface area contributed by atoms with Crippen LogP contribution in [-0.4, -0.2) is 46.2 Å². The van der Waals surface area contributed by atoms with Gasteiger partial charge in [0.25, 0.3) is 0 Å². The smallest absolute Gasteiger partial charge is 0.330 e. The van der Waals surface area contributed by atoms with E-state index in [0.29, 0.717) is 5.69 Å². The molecule has 1 atom stereocenters. The Kier molecular flexibility index (Phi) is 5.71. The maximum Gasteiger partial charge on any atom is 0.330 e. The highest BCUT2D eigenvalue weighted by atomic mass is 32.2. The topological polar surface area (TPSA) is 102 Å². The number of hydrogen-bond donors (Lipinski definition) is 2. The molecule has 0 spiro atoms. The van der Waals surface area contributed by atoms with Gasteiger partial charge in [0.05, 0.1) is 12.0 Å². The van der Waals surface area contributed by atoms with E-state index in [0.717, 1.165) is 6.26 Å². The first kappa shape index (κ1) is 17.0. The molecule has 1 aromatic rings. The third-order valence-electron chi connectivity index (χ3n) is 2.66. The Hall–Kier alpha value is -2.09. The molecule has 0 fully saturated rings. The number of sulfone groups is 1. The highest BCUT2D eigenvalue weighted by Gasteiger charge is 2.19. The average Bonchev–Trinajstić information content (AvgIpc) is 2.41. The molecule has 0 aromatic heterocycles. The third kappa shape index (κ3) is 5.42. The number of rotatable bonds is 6. The summed E-state index contributed by atoms with van der Waals surface area (Å²) in [7, 11) is -2.01. The lowest BCUT2D eigenvalue weighted by Gasteiger charge is -2.16. The first-order chi connectivity index (χ1) is 9.74. The number of benzene rings is 1. The van der Waals surface area contributed by atoms with Crippen molar-refractivity contribution < 1.29 is 22.7 Å². The number of nitrogens with one attached hydrogen (secondary N) is 2. The van der Waals surface area contributed by atoms with E-state index in [4.69, 9.17) is 0 Å². The van der Waals surface area contributed by atoms with Crippen molar-refractivity contribution in [3.05, 3.63) is 24.3 Å². The molecule has 0 bridgehead atoms. The standard InChI is InChI=1S/C13H18N2O5S/c1-9(16)15-12(13(17)20-2)8-14-10-4-6-11(7-5-10)21(3,18)19/h4-7,12,14H,8H2,1-3H3,(H,15,16). The third-order valence-corrected chi connectivity index (χ3v) is 3.78. The zero-order valence-corrected chi connectivity index (χ0v) is 12.9. The number of hydrogen-bond acceptors (Lipinski definition) is 6. The molecule has 21 heavy (non-hydrogen) atoms. The molecular weight excluding hydrogens is 296 g/mol. The summed E-state index contributed by atoms with van der Waals surface area (Å²) in [4.78, 5) is 22.7. The Morgan fingerprint density at radius 3 is 2.24 bits per heavy atom. The van der Waals surface area contributed by atoms with Crippen LogP contribution in [-0.2, 0) is 24.2 Å². The molecule has 0 saturated heterocycles. The van der Waals surface area contributed by atoms with Gasteiger partial charge in [-0.3, -0.25) is 4.79 Å². The van der Waals surface area contributed by atoms with Crippen molar-refractivity contribution in [2.45, 2.75) is 17.9 Å². The van der Waals surface area contributed by atoms with Crippen molar-refractivity contribution in [2.24, 2.45) is 0 Å². The van der Waals surface area contributed by atoms with Crippen LogP contribution in [0, 0.1) is 0 Å². The minimum atomic E-state index is -3.24. The van der Waals surface area contributed by atoms with Crippen molar-refractivity contribution in [1.29, 1.82) is 0 Å². The van der Waals surface area contributed by atoms with Crippen LogP contribution in [0.3, 0.4) is 0 Å². The summed E-state index contributed by atoms with van der Waals surface area (Å²) < 4.78 is 27.3. The minimum absolute atomic E-state index is 0.129. The van der Waals surface area contributed by atoms with E-state index in [9.17, 15) is 18.0 Å². The van der Waals surface area contributed by atoms with Crippen molar-refractivity contribution in [1.82, 2.24) is 5.32 Å². The van der Waals surface area contributed by atoms with Crippen LogP contribution in [0.25, 0.3) is 0 Å². The highest BCUT2D eigenvalue weighted by Crippen LogP contribution is 2.13. The lowest BCUT2D eigenvalue weighted by atomic mass is 10.2. The summed E-state index contributed by atoms with van der Waals surface area (Å²) in [5.41, 5.74) is 0.627. The molecule has 0 aliphatic rings. The first-order valence-corrected chi connectivity index (χ1v) is 8.02. The van der Waals surface area contributed by atoms with Crippen molar-refractivity contribution in [2.75, 3.05) is 25.2 Å². The van der Waals surface area contributed by atoms with Crippen LogP contribution in [0.1, 0.15) is 6.92 Å². The Morgan fingerprint density at radius 1 is 1.24 bits per heavy atom. The SMILES string of the molecule is COC(=O)C(CNc1ccc(S(C)(=O)=O)cc1)NC(C)=O. The van der Waals surface area contributed by atoms with Crippen LogP contribution >= 0.6 is 0 Å². The first-order valence-electron chi connectivity index (χ1n) is 6.13. The number of methoxy groups -OCH3 is 1. The second kappa shape index (κ2) is 7.07. The van der Waals surface area contributed by atoms with Crippen LogP contribution in [0.2, 0.25) is 0 Å². The molecular formula is C13H18N2O5S. The summed E-state index contributed by atoms with van der Waals surface area (Å²) in [6.45, 7) is 1.43. The quantitative estimate of drug-likeness (QED) is 0.726. The largest absolute Gasteiger partial charge is 0.467 e. The van der Waals surface area contributed by atoms with E-state index in [-0.39, 0.29) is 17.3 Å². The van der Waals surface area contributed by atoms with Gasteiger partial charge in [-0.25, -0.2) is 13.2 Å². The van der Waals surface area contributed by atoms with Gasteiger partial charge in [0.1, 0.15) is 6.04 Å². The van der Waals surface area contributed by atoms with E-state index in [2.05, 4.69) is 15.4 Å². The predicted molar refractivity (Wildman–Crippen MR) is 77.7 cm³/mol. The normalized spacial score (nSPS) is 12.3. The molecule has 0 aliphatic heterocycles. The zero-order chi connectivity index (χ0) is 16.0. The van der Waals surface area contributed by atoms with Crippen LogP contribution < -0.4 is 10.6 Å². The summed E-state index contributed by atoms with van der Waals surface area (Å²) in [5.74, 6) is -0.912. The molecule has 0 aliphatic carbocycles. The Balaban J connectivity index is 2.72. The van der Waals surface area contributed by atoms with E-state index in [1.807, 2.05) is 0 Å².